The van der Waals surface area contributed by atoms with Gasteiger partial charge in [0, 0.05) is 31.9 Å². The number of hydrogen-bond donors (Lipinski definition) is 1. The van der Waals surface area contributed by atoms with E-state index in [0.29, 0.717) is 26.2 Å². The smallest absolute Gasteiger partial charge is 0.368 e. The summed E-state index contributed by atoms with van der Waals surface area (Å²) in [6.45, 7) is 3.37. The van der Waals surface area contributed by atoms with Gasteiger partial charge in [-0.3, -0.25) is 4.79 Å². The second-order valence-electron chi connectivity index (χ2n) is 7.25. The molecule has 0 saturated carbocycles. The number of alkyl halides is 3. The molecule has 0 bridgehead atoms. The van der Waals surface area contributed by atoms with Gasteiger partial charge in [-0.15, -0.1) is 0 Å². The number of carbonyl (C=O) groups is 1. The molecular formula is C20H22F3N3O3S. The standard InChI is InChI=1S/C20H22F3N3O3S/c1-14-2-4-15(5-3-14)12-19(27)26-10-8-25(9-11-26)16-6-7-18(30(24,28)29)17(13-16)20(21,22)23/h2-7,13H,8-12H2,1H3,(H2,24,28,29). The zero-order valence-electron chi connectivity index (χ0n) is 16.3. The van der Waals surface area contributed by atoms with Crippen LogP contribution in [0.3, 0.4) is 0 Å². The largest absolute Gasteiger partial charge is 0.417 e. The molecule has 1 amide bonds. The maximum atomic E-state index is 13.3. The first-order valence-electron chi connectivity index (χ1n) is 9.27. The summed E-state index contributed by atoms with van der Waals surface area (Å²) >= 11 is 0. The number of primary sulfonamides is 1. The summed E-state index contributed by atoms with van der Waals surface area (Å²) in [4.78, 5) is 14.9. The van der Waals surface area contributed by atoms with E-state index in [2.05, 4.69) is 0 Å². The maximum Gasteiger partial charge on any atom is 0.417 e. The predicted octanol–water partition coefficient (Wildman–Crippen LogP) is 2.55. The van der Waals surface area contributed by atoms with Crippen molar-refractivity contribution >= 4 is 21.6 Å². The Kier molecular flexibility index (Phi) is 6.09. The Labute approximate surface area is 173 Å². The summed E-state index contributed by atoms with van der Waals surface area (Å²) in [5, 5.41) is 4.92. The Balaban J connectivity index is 1.70. The first kappa shape index (κ1) is 22.1. The molecule has 1 aliphatic heterocycles. The van der Waals surface area contributed by atoms with Crippen LogP contribution in [-0.4, -0.2) is 45.4 Å². The number of carbonyl (C=O) groups excluding carboxylic acids is 1. The maximum absolute atomic E-state index is 13.3. The van der Waals surface area contributed by atoms with Crippen molar-refractivity contribution in [1.29, 1.82) is 0 Å². The minimum absolute atomic E-state index is 0.0425. The molecule has 2 aromatic carbocycles. The quantitative estimate of drug-likeness (QED) is 0.791. The highest BCUT2D eigenvalue weighted by Crippen LogP contribution is 2.36. The number of aryl methyl sites for hydroxylation is 1. The molecule has 3 rings (SSSR count). The summed E-state index contributed by atoms with van der Waals surface area (Å²) in [5.41, 5.74) is 0.952. The van der Waals surface area contributed by atoms with E-state index in [-0.39, 0.29) is 18.0 Å². The van der Waals surface area contributed by atoms with Crippen LogP contribution in [0.2, 0.25) is 0 Å². The van der Waals surface area contributed by atoms with Crippen molar-refractivity contribution < 1.29 is 26.4 Å². The number of piperazine rings is 1. The number of benzene rings is 2. The number of nitrogens with two attached hydrogens (primary N) is 1. The van der Waals surface area contributed by atoms with E-state index in [1.54, 1.807) is 9.80 Å². The fraction of sp³-hybridized carbons (Fsp3) is 0.350. The van der Waals surface area contributed by atoms with Gasteiger partial charge in [0.15, 0.2) is 0 Å². The van der Waals surface area contributed by atoms with E-state index in [9.17, 15) is 26.4 Å². The minimum atomic E-state index is -4.86. The van der Waals surface area contributed by atoms with Crippen molar-refractivity contribution in [2.24, 2.45) is 5.14 Å². The highest BCUT2D eigenvalue weighted by molar-refractivity contribution is 7.89. The van der Waals surface area contributed by atoms with Crippen LogP contribution in [0, 0.1) is 6.92 Å². The fourth-order valence-corrected chi connectivity index (χ4v) is 4.13. The number of anilines is 1. The van der Waals surface area contributed by atoms with Gasteiger partial charge in [0.1, 0.15) is 0 Å². The van der Waals surface area contributed by atoms with Crippen molar-refractivity contribution in [1.82, 2.24) is 4.90 Å². The Morgan fingerprint density at radius 1 is 1.03 bits per heavy atom. The van der Waals surface area contributed by atoms with Crippen molar-refractivity contribution in [3.8, 4) is 0 Å². The van der Waals surface area contributed by atoms with Gasteiger partial charge in [0.05, 0.1) is 16.9 Å². The van der Waals surface area contributed by atoms with Crippen molar-refractivity contribution in [2.45, 2.75) is 24.4 Å². The van der Waals surface area contributed by atoms with E-state index < -0.39 is 26.7 Å². The average Bonchev–Trinajstić information content (AvgIpc) is 2.68. The molecule has 2 N–H and O–H groups in total. The lowest BCUT2D eigenvalue weighted by molar-refractivity contribution is -0.139. The monoisotopic (exact) mass is 441 g/mol. The Morgan fingerprint density at radius 2 is 1.63 bits per heavy atom. The average molecular weight is 441 g/mol. The van der Waals surface area contributed by atoms with Gasteiger partial charge in [-0.05, 0) is 30.7 Å². The number of halogens is 3. The number of hydrogen-bond acceptors (Lipinski definition) is 4. The lowest BCUT2D eigenvalue weighted by Crippen LogP contribution is -2.49. The summed E-state index contributed by atoms with van der Waals surface area (Å²) in [5.74, 6) is -0.0425. The van der Waals surface area contributed by atoms with E-state index in [1.165, 1.54) is 6.07 Å². The van der Waals surface area contributed by atoms with E-state index >= 15 is 0 Å². The van der Waals surface area contributed by atoms with Gasteiger partial charge in [0.25, 0.3) is 0 Å². The Morgan fingerprint density at radius 3 is 2.17 bits per heavy atom. The molecule has 1 saturated heterocycles. The second-order valence-corrected chi connectivity index (χ2v) is 8.78. The van der Waals surface area contributed by atoms with E-state index in [4.69, 9.17) is 5.14 Å². The van der Waals surface area contributed by atoms with Crippen molar-refractivity contribution in [3.05, 3.63) is 59.2 Å². The topological polar surface area (TPSA) is 83.7 Å². The molecule has 1 heterocycles. The van der Waals surface area contributed by atoms with Crippen LogP contribution in [-0.2, 0) is 27.4 Å². The highest BCUT2D eigenvalue weighted by Gasteiger charge is 2.37. The molecule has 0 aromatic heterocycles. The third-order valence-corrected chi connectivity index (χ3v) is 6.02. The van der Waals surface area contributed by atoms with Gasteiger partial charge in [-0.2, -0.15) is 13.2 Å². The molecule has 2 aromatic rings. The van der Waals surface area contributed by atoms with Gasteiger partial charge in [-0.25, -0.2) is 13.6 Å². The molecule has 0 unspecified atom stereocenters. The minimum Gasteiger partial charge on any atom is -0.368 e. The lowest BCUT2D eigenvalue weighted by atomic mass is 10.1. The zero-order valence-corrected chi connectivity index (χ0v) is 17.1. The van der Waals surface area contributed by atoms with Crippen LogP contribution in [0.1, 0.15) is 16.7 Å². The van der Waals surface area contributed by atoms with E-state index in [1.807, 2.05) is 31.2 Å². The number of rotatable bonds is 4. The number of amides is 1. The number of nitrogens with zero attached hydrogens (tertiary/aromatic N) is 2. The SMILES string of the molecule is Cc1ccc(CC(=O)N2CCN(c3ccc(S(N)(=O)=O)c(C(F)(F)F)c3)CC2)cc1. The van der Waals surface area contributed by atoms with Gasteiger partial charge < -0.3 is 9.80 Å². The van der Waals surface area contributed by atoms with Gasteiger partial charge in [0.2, 0.25) is 15.9 Å². The van der Waals surface area contributed by atoms with Crippen LogP contribution >= 0.6 is 0 Å². The molecule has 0 aliphatic carbocycles. The van der Waals surface area contributed by atoms with Gasteiger partial charge >= 0.3 is 6.18 Å². The summed E-state index contributed by atoms with van der Waals surface area (Å²) in [6.07, 6.45) is -4.59. The van der Waals surface area contributed by atoms with Crippen LogP contribution in [0.4, 0.5) is 18.9 Å². The first-order chi connectivity index (χ1) is 13.9. The highest BCUT2D eigenvalue weighted by atomic mass is 32.2. The van der Waals surface area contributed by atoms with Crippen molar-refractivity contribution in [2.75, 3.05) is 31.1 Å². The summed E-state index contributed by atoms with van der Waals surface area (Å²) < 4.78 is 63.0. The predicted molar refractivity (Wildman–Crippen MR) is 106 cm³/mol. The van der Waals surface area contributed by atoms with E-state index in [0.717, 1.165) is 23.3 Å². The third kappa shape index (κ3) is 5.11. The molecule has 6 nitrogen and oxygen atoms in total. The normalized spacial score (nSPS) is 15.4. The Hall–Kier alpha value is -2.59. The van der Waals surface area contributed by atoms with Gasteiger partial charge in [-0.1, -0.05) is 29.8 Å². The third-order valence-electron chi connectivity index (χ3n) is 5.05. The molecule has 0 spiro atoms. The molecule has 0 atom stereocenters. The molecular weight excluding hydrogens is 419 g/mol. The van der Waals surface area contributed by atoms with Crippen LogP contribution in [0.5, 0.6) is 0 Å². The van der Waals surface area contributed by atoms with Crippen LogP contribution in [0.25, 0.3) is 0 Å². The zero-order chi connectivity index (χ0) is 22.1. The molecule has 1 fully saturated rings. The molecule has 162 valence electrons. The second kappa shape index (κ2) is 8.27. The Bertz CT molecular complexity index is 1030. The number of sulfonamides is 1. The molecule has 0 radical (unpaired) electrons. The van der Waals surface area contributed by atoms with Crippen LogP contribution < -0.4 is 10.0 Å². The molecule has 1 aliphatic rings. The summed E-state index contributed by atoms with van der Waals surface area (Å²) in [6, 6.07) is 10.6. The van der Waals surface area contributed by atoms with Crippen LogP contribution in [0.15, 0.2) is 47.4 Å². The lowest BCUT2D eigenvalue weighted by Gasteiger charge is -2.36. The van der Waals surface area contributed by atoms with Crippen molar-refractivity contribution in [3.63, 3.8) is 0 Å². The summed E-state index contributed by atoms with van der Waals surface area (Å²) in [7, 11) is -4.51. The fourth-order valence-electron chi connectivity index (χ4n) is 3.39. The molecule has 10 heteroatoms. The first-order valence-corrected chi connectivity index (χ1v) is 10.8. The molecule has 30 heavy (non-hydrogen) atoms.